The van der Waals surface area contributed by atoms with Crippen LogP contribution in [-0.2, 0) is 10.0 Å². The molecule has 0 amide bonds. The maximum absolute atomic E-state index is 12.0. The second-order valence-corrected chi connectivity index (χ2v) is 6.40. The number of phenols is 1. The van der Waals surface area contributed by atoms with Crippen molar-refractivity contribution < 1.29 is 18.4 Å². The molecule has 2 rings (SSSR count). The smallest absolute Gasteiger partial charge is 0.276 e. The topological polar surface area (TPSA) is 122 Å². The van der Waals surface area contributed by atoms with Crippen LogP contribution >= 0.6 is 11.6 Å². The molecule has 0 heterocycles. The molecule has 0 spiro atoms. The van der Waals surface area contributed by atoms with Gasteiger partial charge < -0.3 is 5.11 Å². The van der Waals surface area contributed by atoms with Gasteiger partial charge in [0.2, 0.25) is 0 Å². The molecule has 0 aromatic heterocycles. The standard InChI is InChI=1S/C13H10ClN3O5S/c14-10-1-4-12(5-2-10)23(21,22)16-15-8-9-7-11(17(19)20)3-6-13(9)18/h1-8,16,18H/b15-8+. The largest absolute Gasteiger partial charge is 0.507 e. The fraction of sp³-hybridized carbons (Fsp3) is 0. The second-order valence-electron chi connectivity index (χ2n) is 4.31. The van der Waals surface area contributed by atoms with Gasteiger partial charge in [0.1, 0.15) is 5.75 Å². The number of phenolic OH excluding ortho intramolecular Hbond substituents is 1. The monoisotopic (exact) mass is 355 g/mol. The second kappa shape index (κ2) is 6.63. The highest BCUT2D eigenvalue weighted by molar-refractivity contribution is 7.89. The van der Waals surface area contributed by atoms with Crippen molar-refractivity contribution in [1.29, 1.82) is 0 Å². The highest BCUT2D eigenvalue weighted by Crippen LogP contribution is 2.21. The minimum absolute atomic E-state index is 0.00185. The molecule has 120 valence electrons. The zero-order valence-corrected chi connectivity index (χ0v) is 13.0. The summed E-state index contributed by atoms with van der Waals surface area (Å²) in [6, 6.07) is 8.71. The van der Waals surface area contributed by atoms with Crippen molar-refractivity contribution in [2.45, 2.75) is 4.90 Å². The fourth-order valence-electron chi connectivity index (χ4n) is 1.59. The van der Waals surface area contributed by atoms with Crippen LogP contribution in [0.25, 0.3) is 0 Å². The van der Waals surface area contributed by atoms with E-state index >= 15 is 0 Å². The SMILES string of the molecule is O=[N+]([O-])c1ccc(O)c(/C=N/NS(=O)(=O)c2ccc(Cl)cc2)c1. The van der Waals surface area contributed by atoms with Gasteiger partial charge in [-0.2, -0.15) is 13.5 Å². The van der Waals surface area contributed by atoms with Gasteiger partial charge >= 0.3 is 0 Å². The van der Waals surface area contributed by atoms with E-state index in [0.717, 1.165) is 24.4 Å². The lowest BCUT2D eigenvalue weighted by atomic mass is 10.2. The number of hydrogen-bond donors (Lipinski definition) is 2. The maximum Gasteiger partial charge on any atom is 0.276 e. The summed E-state index contributed by atoms with van der Waals surface area (Å²) in [6.07, 6.45) is 0.968. The zero-order valence-electron chi connectivity index (χ0n) is 11.4. The number of sulfonamides is 1. The Kier molecular flexibility index (Phi) is 4.82. The number of benzene rings is 2. The van der Waals surface area contributed by atoms with Crippen molar-refractivity contribution >= 4 is 33.5 Å². The van der Waals surface area contributed by atoms with Crippen LogP contribution in [0.5, 0.6) is 5.75 Å². The summed E-state index contributed by atoms with van der Waals surface area (Å²) in [7, 11) is -3.91. The first-order valence-electron chi connectivity index (χ1n) is 6.07. The molecule has 2 N–H and O–H groups in total. The molecule has 23 heavy (non-hydrogen) atoms. The summed E-state index contributed by atoms with van der Waals surface area (Å²) in [4.78, 5) is 11.9. The zero-order chi connectivity index (χ0) is 17.0. The third-order valence-corrected chi connectivity index (χ3v) is 4.21. The molecule has 0 aliphatic carbocycles. The van der Waals surface area contributed by atoms with E-state index in [1.165, 1.54) is 24.3 Å². The van der Waals surface area contributed by atoms with Gasteiger partial charge in [-0.1, -0.05) is 11.6 Å². The Morgan fingerprint density at radius 2 is 1.87 bits per heavy atom. The van der Waals surface area contributed by atoms with E-state index in [9.17, 15) is 23.6 Å². The van der Waals surface area contributed by atoms with Crippen LogP contribution in [0.4, 0.5) is 5.69 Å². The lowest BCUT2D eigenvalue weighted by molar-refractivity contribution is -0.384. The minimum atomic E-state index is -3.91. The molecule has 0 atom stereocenters. The van der Waals surface area contributed by atoms with Crippen molar-refractivity contribution in [3.05, 3.63) is 63.2 Å². The minimum Gasteiger partial charge on any atom is -0.507 e. The average molecular weight is 356 g/mol. The Bertz CT molecular complexity index is 866. The molecule has 8 nitrogen and oxygen atoms in total. The number of aromatic hydroxyl groups is 1. The van der Waals surface area contributed by atoms with Crippen molar-refractivity contribution in [2.24, 2.45) is 5.10 Å². The van der Waals surface area contributed by atoms with E-state index in [-0.39, 0.29) is 21.9 Å². The Balaban J connectivity index is 2.19. The highest BCUT2D eigenvalue weighted by Gasteiger charge is 2.13. The van der Waals surface area contributed by atoms with Gasteiger partial charge in [0.15, 0.2) is 0 Å². The quantitative estimate of drug-likeness (QED) is 0.484. The van der Waals surface area contributed by atoms with Gasteiger partial charge in [-0.3, -0.25) is 10.1 Å². The molecular weight excluding hydrogens is 346 g/mol. The van der Waals surface area contributed by atoms with Crippen LogP contribution in [0.2, 0.25) is 5.02 Å². The Morgan fingerprint density at radius 3 is 2.48 bits per heavy atom. The van der Waals surface area contributed by atoms with Gasteiger partial charge in [0.25, 0.3) is 15.7 Å². The fourth-order valence-corrected chi connectivity index (χ4v) is 2.51. The number of hydrogen-bond acceptors (Lipinski definition) is 6. The first-order valence-corrected chi connectivity index (χ1v) is 7.93. The normalized spacial score (nSPS) is 11.5. The van der Waals surface area contributed by atoms with E-state index in [1.54, 1.807) is 0 Å². The predicted molar refractivity (Wildman–Crippen MR) is 84.1 cm³/mol. The summed E-state index contributed by atoms with van der Waals surface area (Å²) in [6.45, 7) is 0. The first kappa shape index (κ1) is 16.7. The number of nitro benzene ring substituents is 1. The highest BCUT2D eigenvalue weighted by atomic mass is 35.5. The van der Waals surface area contributed by atoms with Crippen molar-refractivity contribution in [1.82, 2.24) is 4.83 Å². The molecule has 0 saturated heterocycles. The van der Waals surface area contributed by atoms with Crippen LogP contribution in [0.1, 0.15) is 5.56 Å². The molecule has 0 fully saturated rings. The molecule has 0 aliphatic rings. The molecule has 0 saturated carbocycles. The summed E-state index contributed by atoms with van der Waals surface area (Å²) in [5.74, 6) is -0.273. The van der Waals surface area contributed by atoms with Crippen LogP contribution in [-0.4, -0.2) is 24.7 Å². The van der Waals surface area contributed by atoms with E-state index in [2.05, 4.69) is 5.10 Å². The first-order chi connectivity index (χ1) is 10.8. The summed E-state index contributed by atoms with van der Waals surface area (Å²) >= 11 is 5.68. The van der Waals surface area contributed by atoms with Crippen LogP contribution in [0.3, 0.4) is 0 Å². The van der Waals surface area contributed by atoms with Gasteiger partial charge in [-0.25, -0.2) is 4.83 Å². The summed E-state index contributed by atoms with van der Waals surface area (Å²) in [5.41, 5.74) is -0.261. The third kappa shape index (κ3) is 4.18. The van der Waals surface area contributed by atoms with E-state index < -0.39 is 14.9 Å². The van der Waals surface area contributed by atoms with Crippen LogP contribution < -0.4 is 4.83 Å². The molecule has 10 heteroatoms. The Morgan fingerprint density at radius 1 is 1.22 bits per heavy atom. The van der Waals surface area contributed by atoms with Crippen molar-refractivity contribution in [2.75, 3.05) is 0 Å². The number of hydrazone groups is 1. The van der Waals surface area contributed by atoms with E-state index in [0.29, 0.717) is 5.02 Å². The van der Waals surface area contributed by atoms with E-state index in [4.69, 9.17) is 11.6 Å². The lowest BCUT2D eigenvalue weighted by Gasteiger charge is -2.03. The Hall–Kier alpha value is -2.65. The predicted octanol–water partition coefficient (Wildman–Crippen LogP) is 2.27. The lowest BCUT2D eigenvalue weighted by Crippen LogP contribution is -2.18. The van der Waals surface area contributed by atoms with Gasteiger partial charge in [-0.05, 0) is 30.3 Å². The van der Waals surface area contributed by atoms with Gasteiger partial charge in [-0.15, -0.1) is 0 Å². The van der Waals surface area contributed by atoms with Crippen molar-refractivity contribution in [3.63, 3.8) is 0 Å². The number of halogens is 1. The number of non-ortho nitro benzene ring substituents is 1. The van der Waals surface area contributed by atoms with Crippen LogP contribution in [0, 0.1) is 10.1 Å². The maximum atomic E-state index is 12.0. The van der Waals surface area contributed by atoms with Crippen molar-refractivity contribution in [3.8, 4) is 5.75 Å². The van der Waals surface area contributed by atoms with E-state index in [1.807, 2.05) is 4.83 Å². The number of nitrogens with one attached hydrogen (secondary N) is 1. The summed E-state index contributed by atoms with van der Waals surface area (Å²) in [5, 5.41) is 24.1. The third-order valence-electron chi connectivity index (χ3n) is 2.72. The molecule has 0 radical (unpaired) electrons. The van der Waals surface area contributed by atoms with Crippen LogP contribution in [0.15, 0.2) is 52.5 Å². The molecule has 0 unspecified atom stereocenters. The average Bonchev–Trinajstić information content (AvgIpc) is 2.49. The van der Waals surface area contributed by atoms with Gasteiger partial charge in [0, 0.05) is 22.7 Å². The number of rotatable bonds is 5. The molecule has 2 aromatic rings. The molecular formula is C13H10ClN3O5S. The molecule has 0 aliphatic heterocycles. The Labute approximate surface area is 136 Å². The number of nitrogens with zero attached hydrogens (tertiary/aromatic N) is 2. The van der Waals surface area contributed by atoms with Gasteiger partial charge in [0.05, 0.1) is 16.0 Å². The molecule has 2 aromatic carbocycles. The molecule has 0 bridgehead atoms. The number of nitro groups is 1. The summed E-state index contributed by atoms with van der Waals surface area (Å²) < 4.78 is 23.9.